The Morgan fingerprint density at radius 1 is 0.679 bits per heavy atom. The van der Waals surface area contributed by atoms with E-state index in [1.54, 1.807) is 13.8 Å². The number of carbonyl (C=O) groups excluding carboxylic acids is 4. The maximum atomic E-state index is 12.1. The van der Waals surface area contributed by atoms with Crippen LogP contribution in [0.15, 0.2) is 25.3 Å². The Labute approximate surface area is 164 Å². The fourth-order valence-corrected chi connectivity index (χ4v) is 1.89. The number of amides is 2. The monoisotopic (exact) mass is 400 g/mol. The second-order valence-electron chi connectivity index (χ2n) is 5.12. The Kier molecular flexibility index (Phi) is 13.4. The predicted molar refractivity (Wildman–Crippen MR) is 99.5 cm³/mol. The lowest BCUT2D eigenvalue weighted by atomic mass is 10.4. The van der Waals surface area contributed by atoms with Gasteiger partial charge in [-0.15, -0.1) is 0 Å². The van der Waals surface area contributed by atoms with Crippen LogP contribution in [0.25, 0.3) is 0 Å². The van der Waals surface area contributed by atoms with E-state index in [1.165, 1.54) is 9.80 Å². The molecule has 0 fully saturated rings. The van der Waals surface area contributed by atoms with Gasteiger partial charge in [0.1, 0.15) is 13.2 Å². The highest BCUT2D eigenvalue weighted by Gasteiger charge is 2.20. The maximum Gasteiger partial charge on any atom is 0.409 e. The molecule has 0 aliphatic heterocycles. The van der Waals surface area contributed by atoms with Crippen LogP contribution in [0.5, 0.6) is 0 Å². The molecular formula is C18H28N2O8. The third-order valence-electron chi connectivity index (χ3n) is 3.24. The smallest absolute Gasteiger partial charge is 0.409 e. The van der Waals surface area contributed by atoms with Gasteiger partial charge in [-0.2, -0.15) is 0 Å². The number of nitrogens with zero attached hydrogens (tertiary/aromatic N) is 2. The zero-order valence-electron chi connectivity index (χ0n) is 16.4. The Bertz CT molecular complexity index is 502. The molecule has 0 N–H and O–H groups in total. The highest BCUT2D eigenvalue weighted by atomic mass is 16.6. The molecule has 0 atom stereocenters. The van der Waals surface area contributed by atoms with Crippen LogP contribution < -0.4 is 0 Å². The van der Waals surface area contributed by atoms with Gasteiger partial charge in [0, 0.05) is 25.2 Å². The Morgan fingerprint density at radius 2 is 1.04 bits per heavy atom. The number of rotatable bonds is 13. The van der Waals surface area contributed by atoms with Gasteiger partial charge in [-0.1, -0.05) is 13.2 Å². The summed E-state index contributed by atoms with van der Waals surface area (Å²) in [6, 6.07) is 0. The van der Waals surface area contributed by atoms with E-state index >= 15 is 0 Å². The predicted octanol–water partition coefficient (Wildman–Crippen LogP) is 1.36. The molecule has 10 heteroatoms. The van der Waals surface area contributed by atoms with Crippen molar-refractivity contribution in [1.82, 2.24) is 9.80 Å². The average molecular weight is 400 g/mol. The summed E-state index contributed by atoms with van der Waals surface area (Å²) < 4.78 is 19.7. The molecule has 0 spiro atoms. The van der Waals surface area contributed by atoms with Gasteiger partial charge in [-0.25, -0.2) is 19.2 Å². The Hall–Kier alpha value is -3.04. The van der Waals surface area contributed by atoms with E-state index in [0.29, 0.717) is 0 Å². The van der Waals surface area contributed by atoms with Crippen molar-refractivity contribution >= 4 is 24.1 Å². The van der Waals surface area contributed by atoms with E-state index in [1.807, 2.05) is 0 Å². The molecule has 10 nitrogen and oxygen atoms in total. The van der Waals surface area contributed by atoms with Gasteiger partial charge in [0.25, 0.3) is 0 Å². The first-order valence-electron chi connectivity index (χ1n) is 8.81. The van der Waals surface area contributed by atoms with E-state index in [-0.39, 0.29) is 52.6 Å². The molecule has 0 aliphatic rings. The Balaban J connectivity index is 4.84. The van der Waals surface area contributed by atoms with Gasteiger partial charge in [0.2, 0.25) is 0 Å². The summed E-state index contributed by atoms with van der Waals surface area (Å²) in [5.74, 6) is -1.22. The zero-order valence-corrected chi connectivity index (χ0v) is 16.4. The molecule has 158 valence electrons. The van der Waals surface area contributed by atoms with E-state index in [9.17, 15) is 19.2 Å². The lowest BCUT2D eigenvalue weighted by Gasteiger charge is -2.26. The van der Waals surface area contributed by atoms with Gasteiger partial charge in [0.15, 0.2) is 0 Å². The van der Waals surface area contributed by atoms with Crippen LogP contribution in [0, 0.1) is 0 Å². The standard InChI is InChI=1S/C18H28N2O8/c1-5-15(21)27-13-11-19(17(23)25-7-3)9-10-20(18(24)26-8-4)12-14-28-16(22)6-2/h5-6H,1-2,7-14H2,3-4H3. The summed E-state index contributed by atoms with van der Waals surface area (Å²) in [5, 5.41) is 0. The molecule has 0 saturated carbocycles. The molecule has 0 heterocycles. The maximum absolute atomic E-state index is 12.1. The van der Waals surface area contributed by atoms with E-state index in [4.69, 9.17) is 18.9 Å². The van der Waals surface area contributed by atoms with Gasteiger partial charge in [0.05, 0.1) is 26.3 Å². The highest BCUT2D eigenvalue weighted by Crippen LogP contribution is 2.01. The molecule has 0 unspecified atom stereocenters. The van der Waals surface area contributed by atoms with Crippen LogP contribution in [-0.2, 0) is 28.5 Å². The van der Waals surface area contributed by atoms with Gasteiger partial charge in [-0.3, -0.25) is 0 Å². The van der Waals surface area contributed by atoms with E-state index < -0.39 is 24.1 Å². The third-order valence-corrected chi connectivity index (χ3v) is 3.24. The van der Waals surface area contributed by atoms with Crippen molar-refractivity contribution in [3.63, 3.8) is 0 Å². The number of carbonyl (C=O) groups is 4. The van der Waals surface area contributed by atoms with E-state index in [2.05, 4.69) is 13.2 Å². The van der Waals surface area contributed by atoms with Crippen molar-refractivity contribution in [1.29, 1.82) is 0 Å². The van der Waals surface area contributed by atoms with Crippen molar-refractivity contribution in [2.75, 3.05) is 52.6 Å². The molecule has 0 radical (unpaired) electrons. The van der Waals surface area contributed by atoms with Gasteiger partial charge >= 0.3 is 24.1 Å². The lowest BCUT2D eigenvalue weighted by molar-refractivity contribution is -0.139. The summed E-state index contributed by atoms with van der Waals surface area (Å²) in [5.41, 5.74) is 0. The SMILES string of the molecule is C=CC(=O)OCCN(CCN(CCOC(=O)C=C)C(=O)OCC)C(=O)OCC. The fourth-order valence-electron chi connectivity index (χ4n) is 1.89. The van der Waals surface area contributed by atoms with Crippen molar-refractivity contribution in [3.8, 4) is 0 Å². The first kappa shape index (κ1) is 25.0. The molecule has 28 heavy (non-hydrogen) atoms. The molecule has 0 aromatic heterocycles. The minimum Gasteiger partial charge on any atom is -0.461 e. The summed E-state index contributed by atoms with van der Waals surface area (Å²) in [6.45, 7) is 10.4. The second-order valence-corrected chi connectivity index (χ2v) is 5.12. The van der Waals surface area contributed by atoms with Crippen LogP contribution >= 0.6 is 0 Å². The molecule has 0 saturated heterocycles. The van der Waals surface area contributed by atoms with Crippen molar-refractivity contribution < 1.29 is 38.1 Å². The van der Waals surface area contributed by atoms with Crippen LogP contribution in [0.1, 0.15) is 13.8 Å². The fraction of sp³-hybridized carbons (Fsp3) is 0.556. The van der Waals surface area contributed by atoms with Crippen molar-refractivity contribution in [2.45, 2.75) is 13.8 Å². The number of hydrogen-bond acceptors (Lipinski definition) is 8. The summed E-state index contributed by atoms with van der Waals surface area (Å²) in [7, 11) is 0. The molecule has 0 rings (SSSR count). The Morgan fingerprint density at radius 3 is 1.32 bits per heavy atom. The van der Waals surface area contributed by atoms with Crippen molar-refractivity contribution in [3.05, 3.63) is 25.3 Å². The number of hydrogen-bond donors (Lipinski definition) is 0. The summed E-state index contributed by atoms with van der Waals surface area (Å²) in [4.78, 5) is 49.0. The van der Waals surface area contributed by atoms with Crippen LogP contribution in [-0.4, -0.2) is 86.5 Å². The quantitative estimate of drug-likeness (QED) is 0.259. The molecule has 0 bridgehead atoms. The first-order chi connectivity index (χ1) is 13.4. The number of ether oxygens (including phenoxy) is 4. The normalized spacial score (nSPS) is 9.64. The molecule has 0 aliphatic carbocycles. The molecular weight excluding hydrogens is 372 g/mol. The largest absolute Gasteiger partial charge is 0.461 e. The van der Waals surface area contributed by atoms with Crippen LogP contribution in [0.2, 0.25) is 0 Å². The summed E-state index contributed by atoms with van der Waals surface area (Å²) >= 11 is 0. The topological polar surface area (TPSA) is 112 Å². The minimum absolute atomic E-state index is 0.0555. The van der Waals surface area contributed by atoms with Crippen molar-refractivity contribution in [2.24, 2.45) is 0 Å². The van der Waals surface area contributed by atoms with Crippen LogP contribution in [0.3, 0.4) is 0 Å². The van der Waals surface area contributed by atoms with Gasteiger partial charge < -0.3 is 28.7 Å². The lowest BCUT2D eigenvalue weighted by Crippen LogP contribution is -2.44. The average Bonchev–Trinajstić information content (AvgIpc) is 2.68. The first-order valence-corrected chi connectivity index (χ1v) is 8.81. The van der Waals surface area contributed by atoms with Gasteiger partial charge in [-0.05, 0) is 13.8 Å². The van der Waals surface area contributed by atoms with Crippen LogP contribution in [0.4, 0.5) is 9.59 Å². The molecule has 2 amide bonds. The summed E-state index contributed by atoms with van der Waals surface area (Å²) in [6.07, 6.45) is 0.807. The molecule has 0 aromatic carbocycles. The minimum atomic E-state index is -0.612. The number of esters is 2. The zero-order chi connectivity index (χ0) is 21.4. The molecule has 0 aromatic rings. The third kappa shape index (κ3) is 10.8. The highest BCUT2D eigenvalue weighted by molar-refractivity contribution is 5.81. The second kappa shape index (κ2) is 15.1. The van der Waals surface area contributed by atoms with E-state index in [0.717, 1.165) is 12.2 Å².